The smallest absolute Gasteiger partial charge is 0.428 e. The van der Waals surface area contributed by atoms with Gasteiger partial charge in [-0.1, -0.05) is 161 Å². The maximum atomic E-state index is 13.4. The molecule has 10 nitrogen and oxygen atoms in total. The zero-order valence-corrected chi connectivity index (χ0v) is 48.7. The third kappa shape index (κ3) is 17.6. The van der Waals surface area contributed by atoms with Crippen molar-refractivity contribution < 1.29 is 42.8 Å². The highest BCUT2D eigenvalue weighted by Crippen LogP contribution is 2.45. The van der Waals surface area contributed by atoms with E-state index in [0.717, 1.165) is 50.1 Å². The molecule has 0 bridgehead atoms. The summed E-state index contributed by atoms with van der Waals surface area (Å²) in [6, 6.07) is 13.0. The Morgan fingerprint density at radius 1 is 0.314 bits per heavy atom. The normalized spacial score (nSPS) is 13.5. The average molecular weight is 972 g/mol. The molecule has 3 aromatic carbocycles. The Morgan fingerprint density at radius 2 is 0.471 bits per heavy atom. The highest BCUT2D eigenvalue weighted by molar-refractivity contribution is 5.69. The first kappa shape index (κ1) is 59.7. The highest BCUT2D eigenvalue weighted by Gasteiger charge is 2.35. The van der Waals surface area contributed by atoms with Crippen molar-refractivity contribution in [3.63, 3.8) is 0 Å². The lowest BCUT2D eigenvalue weighted by Gasteiger charge is -2.33. The van der Waals surface area contributed by atoms with Crippen molar-refractivity contribution in [2.24, 2.45) is 0 Å². The number of carbonyl (C=O) groups excluding carboxylic acids is 3. The Kier molecular flexibility index (Phi) is 17.5. The predicted molar refractivity (Wildman–Crippen MR) is 285 cm³/mol. The third-order valence-corrected chi connectivity index (χ3v) is 11.2. The van der Waals surface area contributed by atoms with Gasteiger partial charge in [0.1, 0.15) is 34.1 Å². The lowest BCUT2D eigenvalue weighted by Crippen LogP contribution is -2.30. The van der Waals surface area contributed by atoms with Crippen LogP contribution in [0.15, 0.2) is 36.4 Å². The summed E-state index contributed by atoms with van der Waals surface area (Å²) in [6.45, 7) is 56.3. The van der Waals surface area contributed by atoms with E-state index in [4.69, 9.17) is 28.4 Å². The lowest BCUT2D eigenvalue weighted by atomic mass is 9.77. The van der Waals surface area contributed by atoms with Gasteiger partial charge in [-0.25, -0.2) is 14.4 Å². The molecule has 70 heavy (non-hydrogen) atoms. The van der Waals surface area contributed by atoms with E-state index < -0.39 is 67.8 Å². The minimum Gasteiger partial charge on any atom is -0.428 e. The Bertz CT molecular complexity index is 1990. The summed E-state index contributed by atoms with van der Waals surface area (Å²) in [6.07, 6.45) is -2.24. The predicted octanol–water partition coefficient (Wildman–Crippen LogP) is 16.6. The third-order valence-electron chi connectivity index (χ3n) is 11.2. The van der Waals surface area contributed by atoms with Gasteiger partial charge in [-0.3, -0.25) is 4.90 Å². The number of ether oxygens (including phenoxy) is 6. The van der Waals surface area contributed by atoms with Crippen LogP contribution in [0, 0.1) is 0 Å². The monoisotopic (exact) mass is 972 g/mol. The molecule has 3 rings (SSSR count). The van der Waals surface area contributed by atoms with Gasteiger partial charge in [-0.05, 0) is 111 Å². The molecule has 0 amide bonds. The molecule has 0 aliphatic rings. The zero-order chi connectivity index (χ0) is 54.3. The van der Waals surface area contributed by atoms with Crippen LogP contribution in [-0.2, 0) is 66.3 Å². The van der Waals surface area contributed by atoms with Crippen molar-refractivity contribution in [3.8, 4) is 17.2 Å². The molecule has 0 radical (unpaired) electrons. The quantitative estimate of drug-likeness (QED) is 0.117. The first-order chi connectivity index (χ1) is 31.0. The minimum atomic E-state index is -0.746. The van der Waals surface area contributed by atoms with Crippen LogP contribution in [-0.4, -0.2) is 40.2 Å². The number of carbonyl (C=O) groups is 3. The van der Waals surface area contributed by atoms with Crippen molar-refractivity contribution >= 4 is 18.5 Å². The maximum Gasteiger partial charge on any atom is 0.514 e. The molecule has 0 aliphatic heterocycles. The molecule has 0 aromatic heterocycles. The van der Waals surface area contributed by atoms with Crippen LogP contribution >= 0.6 is 0 Å². The van der Waals surface area contributed by atoms with E-state index in [2.05, 4.69) is 166 Å². The van der Waals surface area contributed by atoms with Crippen LogP contribution in [0.4, 0.5) is 14.4 Å². The zero-order valence-electron chi connectivity index (χ0n) is 48.7. The summed E-state index contributed by atoms with van der Waals surface area (Å²) in [5.41, 5.74) is 3.76. The van der Waals surface area contributed by atoms with Crippen LogP contribution < -0.4 is 14.2 Å². The van der Waals surface area contributed by atoms with E-state index in [1.54, 1.807) is 0 Å². The molecule has 0 heterocycles. The van der Waals surface area contributed by atoms with Crippen LogP contribution in [0.2, 0.25) is 0 Å². The van der Waals surface area contributed by atoms with Gasteiger partial charge in [-0.15, -0.1) is 0 Å². The van der Waals surface area contributed by atoms with E-state index in [-0.39, 0.29) is 0 Å². The fourth-order valence-electron chi connectivity index (χ4n) is 8.02. The number of hydrogen-bond donors (Lipinski definition) is 0. The minimum absolute atomic E-state index is 0.418. The van der Waals surface area contributed by atoms with Gasteiger partial charge in [0, 0.05) is 53.0 Å². The van der Waals surface area contributed by atoms with E-state index in [1.807, 2.05) is 62.3 Å². The topological polar surface area (TPSA) is 110 Å². The lowest BCUT2D eigenvalue weighted by molar-refractivity contribution is 0.0185. The van der Waals surface area contributed by atoms with E-state index in [0.29, 0.717) is 36.9 Å². The van der Waals surface area contributed by atoms with Crippen molar-refractivity contribution in [1.82, 2.24) is 4.90 Å². The van der Waals surface area contributed by atoms with Crippen LogP contribution in [0.1, 0.15) is 237 Å². The number of benzene rings is 3. The second-order valence-corrected chi connectivity index (χ2v) is 28.4. The SMILES string of the molecule is CC(C)(C)OC(=O)Oc1c(C(C)(C)C)cc(CN(Cc2cc(C(C)(C)C)c(OC(=O)OC(C)(C)C)c(C(C)(C)C)c2)Cc2cc(C(C)(C)C)c(OC(=O)OC(C)(C)C)c(C(C)(C)C)c2)cc1C(C)(C)C. The molecular formula is C60H93NO9. The fourth-order valence-corrected chi connectivity index (χ4v) is 8.02. The first-order valence-corrected chi connectivity index (χ1v) is 25.0. The van der Waals surface area contributed by atoms with E-state index in [1.165, 1.54) is 0 Å². The van der Waals surface area contributed by atoms with E-state index in [9.17, 15) is 14.4 Å². The van der Waals surface area contributed by atoms with Gasteiger partial charge in [0.2, 0.25) is 0 Å². The molecule has 0 unspecified atom stereocenters. The molecular weight excluding hydrogens is 879 g/mol. The van der Waals surface area contributed by atoms with Crippen molar-refractivity contribution in [2.45, 2.75) is 256 Å². The molecule has 0 N–H and O–H groups in total. The molecule has 0 spiro atoms. The van der Waals surface area contributed by atoms with Crippen LogP contribution in [0.5, 0.6) is 17.2 Å². The molecule has 0 fully saturated rings. The Morgan fingerprint density at radius 3 is 0.600 bits per heavy atom. The number of rotatable bonds is 9. The van der Waals surface area contributed by atoms with Gasteiger partial charge in [-0.2, -0.15) is 0 Å². The summed E-state index contributed by atoms with van der Waals surface area (Å²) in [5.74, 6) is 1.54. The Labute approximate surface area is 424 Å². The molecule has 0 saturated carbocycles. The standard InChI is InChI=1S/C60H93NO9/c1-52(2,3)40-28-37(29-41(53(4,5)6)46(40)65-49(62)68-58(19,20)21)34-61(35-38-30-42(54(7,8)9)47(43(31-38)55(10,11)12)66-50(63)69-59(22,23)24)36-39-32-44(56(13,14)15)48(45(33-39)57(16,17)18)67-51(64)70-60(25,26)27/h28-33H,34-36H2,1-27H3. The second kappa shape index (κ2) is 20.5. The number of hydrogen-bond acceptors (Lipinski definition) is 10. The highest BCUT2D eigenvalue weighted by atomic mass is 16.7. The maximum absolute atomic E-state index is 13.4. The van der Waals surface area contributed by atoms with Crippen molar-refractivity contribution in [1.29, 1.82) is 0 Å². The molecule has 3 aromatic rings. The van der Waals surface area contributed by atoms with Crippen LogP contribution in [0.25, 0.3) is 0 Å². The summed E-state index contributed by atoms with van der Waals surface area (Å²) < 4.78 is 35.7. The van der Waals surface area contributed by atoms with Gasteiger partial charge in [0.15, 0.2) is 0 Å². The Balaban J connectivity index is 2.50. The van der Waals surface area contributed by atoms with Crippen molar-refractivity contribution in [2.75, 3.05) is 0 Å². The average Bonchev–Trinajstić information content (AvgIpc) is 3.07. The van der Waals surface area contributed by atoms with Gasteiger partial charge in [0.25, 0.3) is 0 Å². The molecule has 0 atom stereocenters. The second-order valence-electron chi connectivity index (χ2n) is 28.4. The van der Waals surface area contributed by atoms with E-state index >= 15 is 0 Å². The molecule has 0 aliphatic carbocycles. The largest absolute Gasteiger partial charge is 0.514 e. The summed E-state index contributed by atoms with van der Waals surface area (Å²) >= 11 is 0. The molecule has 0 saturated heterocycles. The molecule has 10 heteroatoms. The molecule has 392 valence electrons. The summed E-state index contributed by atoms with van der Waals surface area (Å²) in [7, 11) is 0. The number of nitrogens with zero attached hydrogens (tertiary/aromatic N) is 1. The van der Waals surface area contributed by atoms with Gasteiger partial charge in [0.05, 0.1) is 0 Å². The summed E-state index contributed by atoms with van der Waals surface area (Å²) in [5, 5.41) is 0. The van der Waals surface area contributed by atoms with Gasteiger partial charge < -0.3 is 28.4 Å². The van der Waals surface area contributed by atoms with Crippen LogP contribution in [0.3, 0.4) is 0 Å². The summed E-state index contributed by atoms with van der Waals surface area (Å²) in [4.78, 5) is 42.7. The van der Waals surface area contributed by atoms with Crippen molar-refractivity contribution in [3.05, 3.63) is 86.5 Å². The van der Waals surface area contributed by atoms with Gasteiger partial charge >= 0.3 is 18.5 Å². The Hall–Kier alpha value is -4.57. The first-order valence-electron chi connectivity index (χ1n) is 25.0. The fraction of sp³-hybridized carbons (Fsp3) is 0.650.